The Morgan fingerprint density at radius 1 is 1.48 bits per heavy atom. The molecule has 0 amide bonds. The second-order valence-corrected chi connectivity index (χ2v) is 6.29. The van der Waals surface area contributed by atoms with Gasteiger partial charge < -0.3 is 5.11 Å². The molecule has 0 aliphatic heterocycles. The average Bonchev–Trinajstić information content (AvgIpc) is 3.07. The first kappa shape index (κ1) is 16.0. The second-order valence-electron chi connectivity index (χ2n) is 6.29. The summed E-state index contributed by atoms with van der Waals surface area (Å²) in [5.74, 6) is -0.718. The van der Waals surface area contributed by atoms with E-state index in [9.17, 15) is 4.79 Å². The number of carboxylic acid groups (broad SMARTS) is 1. The van der Waals surface area contributed by atoms with Crippen LogP contribution in [0.2, 0.25) is 0 Å². The predicted octanol–water partition coefficient (Wildman–Crippen LogP) is 3.07. The number of aromatic nitrogens is 2. The minimum Gasteiger partial charge on any atom is -0.481 e. The van der Waals surface area contributed by atoms with Crippen LogP contribution in [0.4, 0.5) is 0 Å². The quantitative estimate of drug-likeness (QED) is 0.800. The Morgan fingerprint density at radius 2 is 2.19 bits per heavy atom. The summed E-state index contributed by atoms with van der Waals surface area (Å²) >= 11 is 0. The Labute approximate surface area is 126 Å². The molecule has 2 rings (SSSR count). The fourth-order valence-corrected chi connectivity index (χ4v) is 3.00. The molecule has 5 heteroatoms. The van der Waals surface area contributed by atoms with Crippen molar-refractivity contribution < 1.29 is 9.90 Å². The first-order valence-corrected chi connectivity index (χ1v) is 8.06. The normalized spacial score (nSPS) is 16.2. The van der Waals surface area contributed by atoms with E-state index in [0.29, 0.717) is 18.5 Å². The summed E-state index contributed by atoms with van der Waals surface area (Å²) in [5, 5.41) is 13.5. The molecule has 1 saturated carbocycles. The van der Waals surface area contributed by atoms with E-state index < -0.39 is 5.97 Å². The Kier molecular flexibility index (Phi) is 5.79. The first-order chi connectivity index (χ1) is 10.1. The number of hydrogen-bond donors (Lipinski definition) is 1. The summed E-state index contributed by atoms with van der Waals surface area (Å²) in [6.07, 6.45) is 8.14. The molecule has 1 aliphatic carbocycles. The van der Waals surface area contributed by atoms with Crippen LogP contribution in [0.1, 0.15) is 64.1 Å². The summed E-state index contributed by atoms with van der Waals surface area (Å²) in [6.45, 7) is 5.90. The van der Waals surface area contributed by atoms with E-state index in [4.69, 9.17) is 10.2 Å². The van der Waals surface area contributed by atoms with E-state index in [0.717, 1.165) is 18.8 Å². The summed E-state index contributed by atoms with van der Waals surface area (Å²) in [5.41, 5.74) is 1.09. The van der Waals surface area contributed by atoms with Gasteiger partial charge in [-0.05, 0) is 45.7 Å². The molecule has 1 heterocycles. The highest BCUT2D eigenvalue weighted by Gasteiger charge is 2.18. The molecule has 0 atom stereocenters. The Morgan fingerprint density at radius 3 is 2.81 bits per heavy atom. The number of carboxylic acids is 1. The van der Waals surface area contributed by atoms with E-state index in [1.165, 1.54) is 25.7 Å². The van der Waals surface area contributed by atoms with Crippen LogP contribution < -0.4 is 0 Å². The van der Waals surface area contributed by atoms with E-state index in [2.05, 4.69) is 35.7 Å². The maximum absolute atomic E-state index is 10.6. The van der Waals surface area contributed by atoms with E-state index >= 15 is 0 Å². The number of carbonyl (C=O) groups is 1. The smallest absolute Gasteiger partial charge is 0.303 e. The summed E-state index contributed by atoms with van der Waals surface area (Å²) < 4.78 is 2.12. The van der Waals surface area contributed by atoms with Gasteiger partial charge in [0.05, 0.1) is 11.7 Å². The van der Waals surface area contributed by atoms with Crippen molar-refractivity contribution in [3.8, 4) is 0 Å². The molecule has 0 saturated heterocycles. The third-order valence-electron chi connectivity index (χ3n) is 4.29. The zero-order valence-corrected chi connectivity index (χ0v) is 13.2. The van der Waals surface area contributed by atoms with Crippen molar-refractivity contribution in [2.24, 2.45) is 0 Å². The molecule has 1 aromatic rings. The maximum Gasteiger partial charge on any atom is 0.303 e. The molecule has 5 nitrogen and oxygen atoms in total. The lowest BCUT2D eigenvalue weighted by molar-refractivity contribution is -0.137. The predicted molar refractivity (Wildman–Crippen MR) is 82.1 cm³/mol. The lowest BCUT2D eigenvalue weighted by Gasteiger charge is -2.25. The van der Waals surface area contributed by atoms with Crippen LogP contribution in [-0.4, -0.2) is 38.3 Å². The van der Waals surface area contributed by atoms with E-state index in [-0.39, 0.29) is 6.42 Å². The molecular weight excluding hydrogens is 266 g/mol. The van der Waals surface area contributed by atoms with Gasteiger partial charge in [0.1, 0.15) is 0 Å². The van der Waals surface area contributed by atoms with Gasteiger partial charge in [-0.15, -0.1) is 0 Å². The van der Waals surface area contributed by atoms with Gasteiger partial charge in [-0.25, -0.2) is 0 Å². The van der Waals surface area contributed by atoms with Gasteiger partial charge in [-0.3, -0.25) is 14.4 Å². The first-order valence-electron chi connectivity index (χ1n) is 8.06. The van der Waals surface area contributed by atoms with Crippen LogP contribution in [0.3, 0.4) is 0 Å². The average molecular weight is 293 g/mol. The van der Waals surface area contributed by atoms with Crippen molar-refractivity contribution in [3.05, 3.63) is 18.0 Å². The summed E-state index contributed by atoms with van der Waals surface area (Å²) in [7, 11) is 0. The van der Waals surface area contributed by atoms with Gasteiger partial charge in [0.15, 0.2) is 0 Å². The molecule has 118 valence electrons. The van der Waals surface area contributed by atoms with Gasteiger partial charge in [-0.1, -0.05) is 12.8 Å². The lowest BCUT2D eigenvalue weighted by Crippen LogP contribution is -2.31. The minimum absolute atomic E-state index is 0.236. The topological polar surface area (TPSA) is 58.4 Å². The molecule has 1 N–H and O–H groups in total. The lowest BCUT2D eigenvalue weighted by atomic mass is 10.2. The van der Waals surface area contributed by atoms with Gasteiger partial charge in [0.25, 0.3) is 0 Å². The third-order valence-corrected chi connectivity index (χ3v) is 4.29. The number of hydrogen-bond acceptors (Lipinski definition) is 3. The van der Waals surface area contributed by atoms with Crippen molar-refractivity contribution in [1.29, 1.82) is 0 Å². The third kappa shape index (κ3) is 4.84. The van der Waals surface area contributed by atoms with Gasteiger partial charge in [0, 0.05) is 25.2 Å². The minimum atomic E-state index is -0.718. The van der Waals surface area contributed by atoms with Gasteiger partial charge in [0.2, 0.25) is 0 Å². The fraction of sp³-hybridized carbons (Fsp3) is 0.750. The molecule has 0 bridgehead atoms. The molecular formula is C16H27N3O2. The van der Waals surface area contributed by atoms with Gasteiger partial charge in [-0.2, -0.15) is 5.10 Å². The molecule has 0 unspecified atom stereocenters. The molecule has 0 radical (unpaired) electrons. The largest absolute Gasteiger partial charge is 0.481 e. The standard InChI is InChI=1S/C16H27N3O2/c1-13(2)18(10-5-8-16(20)21)12-14-9-11-19(17-14)15-6-3-4-7-15/h9,11,13,15H,3-8,10,12H2,1-2H3,(H,20,21). The number of aliphatic carboxylic acids is 1. The number of rotatable bonds is 8. The highest BCUT2D eigenvalue weighted by Crippen LogP contribution is 2.28. The Balaban J connectivity index is 1.88. The summed E-state index contributed by atoms with van der Waals surface area (Å²) in [4.78, 5) is 12.9. The molecule has 21 heavy (non-hydrogen) atoms. The SMILES string of the molecule is CC(C)N(CCCC(=O)O)Cc1ccn(C2CCCC2)n1. The Bertz CT molecular complexity index is 450. The summed E-state index contributed by atoms with van der Waals surface area (Å²) in [6, 6.07) is 3.08. The zero-order chi connectivity index (χ0) is 15.2. The molecule has 1 aliphatic rings. The van der Waals surface area contributed by atoms with Crippen molar-refractivity contribution >= 4 is 5.97 Å². The van der Waals surface area contributed by atoms with Crippen LogP contribution in [0, 0.1) is 0 Å². The van der Waals surface area contributed by atoms with Crippen LogP contribution in [0.15, 0.2) is 12.3 Å². The Hall–Kier alpha value is -1.36. The second kappa shape index (κ2) is 7.59. The zero-order valence-electron chi connectivity index (χ0n) is 13.2. The molecule has 1 fully saturated rings. The monoisotopic (exact) mass is 293 g/mol. The maximum atomic E-state index is 10.6. The van der Waals surface area contributed by atoms with Crippen molar-refractivity contribution in [2.45, 2.75) is 71.0 Å². The van der Waals surface area contributed by atoms with E-state index in [1.807, 2.05) is 0 Å². The molecule has 0 aromatic carbocycles. The molecule has 0 spiro atoms. The van der Waals surface area contributed by atoms with Gasteiger partial charge >= 0.3 is 5.97 Å². The van der Waals surface area contributed by atoms with Crippen LogP contribution in [-0.2, 0) is 11.3 Å². The van der Waals surface area contributed by atoms with E-state index in [1.54, 1.807) is 0 Å². The fourth-order valence-electron chi connectivity index (χ4n) is 3.00. The van der Waals surface area contributed by atoms with Crippen molar-refractivity contribution in [1.82, 2.24) is 14.7 Å². The molecule has 1 aromatic heterocycles. The van der Waals surface area contributed by atoms with Crippen LogP contribution >= 0.6 is 0 Å². The van der Waals surface area contributed by atoms with Crippen molar-refractivity contribution in [3.63, 3.8) is 0 Å². The van der Waals surface area contributed by atoms with Crippen molar-refractivity contribution in [2.75, 3.05) is 6.54 Å². The highest BCUT2D eigenvalue weighted by atomic mass is 16.4. The van der Waals surface area contributed by atoms with Crippen LogP contribution in [0.5, 0.6) is 0 Å². The highest BCUT2D eigenvalue weighted by molar-refractivity contribution is 5.66. The number of nitrogens with zero attached hydrogens (tertiary/aromatic N) is 3. The van der Waals surface area contributed by atoms with Crippen LogP contribution in [0.25, 0.3) is 0 Å².